The number of hydrogen-bond donors (Lipinski definition) is 4. The van der Waals surface area contributed by atoms with Crippen LogP contribution < -0.4 is 21.2 Å². The van der Waals surface area contributed by atoms with E-state index in [0.717, 1.165) is 0 Å². The third-order valence-electron chi connectivity index (χ3n) is 3.03. The molecular weight excluding hydrogens is 347 g/mol. The molecule has 0 fully saturated rings. The molecule has 0 aliphatic rings. The molecular formula is C16H16FN4O3S+. The summed E-state index contributed by atoms with van der Waals surface area (Å²) in [4.78, 5) is 11.9. The zero-order chi connectivity index (χ0) is 18.4. The Labute approximate surface area is 143 Å². The molecule has 7 nitrogen and oxygen atoms in total. The van der Waals surface area contributed by atoms with Gasteiger partial charge in [0.05, 0.1) is 0 Å². The fraction of sp³-hybridized carbons (Fsp3) is 0. The summed E-state index contributed by atoms with van der Waals surface area (Å²) in [5.74, 6) is -1.15. The quantitative estimate of drug-likeness (QED) is 0.241. The van der Waals surface area contributed by atoms with Crippen molar-refractivity contribution >= 4 is 27.5 Å². The third-order valence-corrected chi connectivity index (χ3v) is 4.43. The van der Waals surface area contributed by atoms with E-state index in [1.54, 1.807) is 0 Å². The first kappa shape index (κ1) is 18.1. The standard InChI is InChI=1S/C16H15FN4O3S/c17-12-3-1-11(2-4-12)15(22)9-10-20-13-5-7-14(8-6-13)25(23,24)21-16(18)19/h1-10,20H,(H4,18,19,21)/p+1/b10-9-. The van der Waals surface area contributed by atoms with Gasteiger partial charge in [0.25, 0.3) is 0 Å². The molecule has 0 aliphatic heterocycles. The largest absolute Gasteiger partial charge is 0.362 e. The first-order valence-corrected chi connectivity index (χ1v) is 8.50. The Kier molecular flexibility index (Phi) is 5.50. The van der Waals surface area contributed by atoms with E-state index in [9.17, 15) is 17.6 Å². The number of nitrogens with one attached hydrogen (secondary N) is 2. The lowest BCUT2D eigenvalue weighted by Crippen LogP contribution is -2.80. The highest BCUT2D eigenvalue weighted by molar-refractivity contribution is 7.84. The number of nitrogens with two attached hydrogens (primary N) is 2. The molecule has 0 amide bonds. The number of anilines is 1. The van der Waals surface area contributed by atoms with Gasteiger partial charge in [0.1, 0.15) is 10.7 Å². The fourth-order valence-corrected chi connectivity index (χ4v) is 2.79. The average Bonchev–Trinajstić information content (AvgIpc) is 2.54. The van der Waals surface area contributed by atoms with Crippen molar-refractivity contribution < 1.29 is 22.0 Å². The van der Waals surface area contributed by atoms with Gasteiger partial charge in [0.2, 0.25) is 0 Å². The van der Waals surface area contributed by atoms with Gasteiger partial charge in [-0.1, -0.05) is 0 Å². The molecule has 0 atom stereocenters. The molecule has 0 saturated carbocycles. The summed E-state index contributed by atoms with van der Waals surface area (Å²) < 4.78 is 38.5. The van der Waals surface area contributed by atoms with Crippen molar-refractivity contribution in [2.24, 2.45) is 11.5 Å². The van der Waals surface area contributed by atoms with E-state index in [1.165, 1.54) is 60.8 Å². The van der Waals surface area contributed by atoms with Crippen LogP contribution in [0.15, 0.2) is 65.7 Å². The Morgan fingerprint density at radius 1 is 1.04 bits per heavy atom. The van der Waals surface area contributed by atoms with Crippen molar-refractivity contribution in [3.63, 3.8) is 0 Å². The normalized spacial score (nSPS) is 11.2. The number of guanidine groups is 1. The highest BCUT2D eigenvalue weighted by atomic mass is 32.2. The molecule has 9 heteroatoms. The van der Waals surface area contributed by atoms with Crippen molar-refractivity contribution in [2.75, 3.05) is 5.32 Å². The zero-order valence-corrected chi connectivity index (χ0v) is 13.8. The zero-order valence-electron chi connectivity index (χ0n) is 12.9. The van der Waals surface area contributed by atoms with Crippen LogP contribution >= 0.6 is 0 Å². The molecule has 2 aromatic carbocycles. The number of benzene rings is 2. The second-order valence-electron chi connectivity index (χ2n) is 4.93. The Hall–Kier alpha value is -3.20. The van der Waals surface area contributed by atoms with E-state index in [-0.39, 0.29) is 10.7 Å². The van der Waals surface area contributed by atoms with Crippen LogP contribution in [0.25, 0.3) is 0 Å². The highest BCUT2D eigenvalue weighted by Crippen LogP contribution is 2.12. The van der Waals surface area contributed by atoms with Crippen molar-refractivity contribution in [3.05, 3.63) is 72.2 Å². The summed E-state index contributed by atoms with van der Waals surface area (Å²) >= 11 is 0. The number of ketones is 1. The van der Waals surface area contributed by atoms with Crippen molar-refractivity contribution in [1.82, 2.24) is 0 Å². The summed E-state index contributed by atoms with van der Waals surface area (Å²) in [6, 6.07) is 10.9. The third kappa shape index (κ3) is 5.15. The smallest absolute Gasteiger partial charge is 0.353 e. The van der Waals surface area contributed by atoms with E-state index in [2.05, 4.69) is 5.32 Å². The number of carbonyl (C=O) groups is 1. The maximum atomic E-state index is 12.8. The molecule has 130 valence electrons. The van der Waals surface area contributed by atoms with Crippen LogP contribution in [0.5, 0.6) is 0 Å². The minimum absolute atomic E-state index is 0.0159. The molecule has 0 aliphatic carbocycles. The summed E-state index contributed by atoms with van der Waals surface area (Å²) in [7, 11) is -3.82. The SMILES string of the molecule is NC(N)=[NH+]S(=O)(=O)c1ccc(N/C=C\C(=O)c2ccc(F)cc2)cc1. The minimum Gasteiger partial charge on any atom is -0.362 e. The first-order valence-electron chi connectivity index (χ1n) is 7.02. The van der Waals surface area contributed by atoms with Gasteiger partial charge in [-0.15, -0.1) is 0 Å². The van der Waals surface area contributed by atoms with Crippen LogP contribution in [0.4, 0.5) is 10.1 Å². The summed E-state index contributed by atoms with van der Waals surface area (Å²) in [5.41, 5.74) is 11.2. The molecule has 2 aromatic rings. The maximum Gasteiger partial charge on any atom is 0.353 e. The Morgan fingerprint density at radius 3 is 2.20 bits per heavy atom. The van der Waals surface area contributed by atoms with Gasteiger partial charge < -0.3 is 5.32 Å². The number of rotatable bonds is 6. The second-order valence-corrected chi connectivity index (χ2v) is 6.62. The van der Waals surface area contributed by atoms with Gasteiger partial charge in [-0.25, -0.2) is 4.39 Å². The lowest BCUT2D eigenvalue weighted by molar-refractivity contribution is -0.270. The van der Waals surface area contributed by atoms with Crippen molar-refractivity contribution in [2.45, 2.75) is 4.90 Å². The molecule has 0 unspecified atom stereocenters. The maximum absolute atomic E-state index is 12.8. The van der Waals surface area contributed by atoms with Gasteiger partial charge in [-0.05, 0) is 48.5 Å². The van der Waals surface area contributed by atoms with E-state index >= 15 is 0 Å². The van der Waals surface area contributed by atoms with Crippen LogP contribution in [-0.2, 0) is 10.0 Å². The molecule has 0 saturated heterocycles. The molecule has 6 N–H and O–H groups in total. The first-order chi connectivity index (χ1) is 11.8. The van der Waals surface area contributed by atoms with Crippen molar-refractivity contribution in [3.8, 4) is 0 Å². The van der Waals surface area contributed by atoms with Crippen LogP contribution in [0.1, 0.15) is 10.4 Å². The number of hydrogen-bond acceptors (Lipinski definition) is 4. The van der Waals surface area contributed by atoms with E-state index < -0.39 is 21.8 Å². The Morgan fingerprint density at radius 2 is 1.64 bits per heavy atom. The molecule has 25 heavy (non-hydrogen) atoms. The van der Waals surface area contributed by atoms with E-state index in [0.29, 0.717) is 11.3 Å². The van der Waals surface area contributed by atoms with Gasteiger partial charge in [-0.3, -0.25) is 16.3 Å². The van der Waals surface area contributed by atoms with Gasteiger partial charge >= 0.3 is 16.0 Å². The van der Waals surface area contributed by atoms with Crippen LogP contribution in [0.3, 0.4) is 0 Å². The van der Waals surface area contributed by atoms with Crippen LogP contribution in [0, 0.1) is 5.82 Å². The summed E-state index contributed by atoms with van der Waals surface area (Å²) in [6.07, 6.45) is 2.68. The van der Waals surface area contributed by atoms with Crippen LogP contribution in [-0.4, -0.2) is 20.2 Å². The monoisotopic (exact) mass is 363 g/mol. The number of allylic oxidation sites excluding steroid dienone is 1. The second kappa shape index (κ2) is 7.58. The topological polar surface area (TPSA) is 129 Å². The Balaban J connectivity index is 2.03. The predicted octanol–water partition coefficient (Wildman–Crippen LogP) is -0.323. The van der Waals surface area contributed by atoms with Crippen LogP contribution in [0.2, 0.25) is 0 Å². The van der Waals surface area contributed by atoms with Gasteiger partial charge in [0, 0.05) is 23.5 Å². The van der Waals surface area contributed by atoms with E-state index in [4.69, 9.17) is 11.5 Å². The van der Waals surface area contributed by atoms with E-state index in [1.807, 2.05) is 4.40 Å². The molecule has 0 aromatic heterocycles. The Bertz CT molecular complexity index is 917. The van der Waals surface area contributed by atoms with Gasteiger partial charge in [-0.2, -0.15) is 12.8 Å². The minimum atomic E-state index is -3.82. The molecule has 0 spiro atoms. The fourth-order valence-electron chi connectivity index (χ4n) is 1.87. The molecule has 0 bridgehead atoms. The molecule has 0 radical (unpaired) electrons. The molecule has 0 heterocycles. The summed E-state index contributed by atoms with van der Waals surface area (Å²) in [6.45, 7) is 0. The number of carbonyl (C=O) groups excluding carboxylic acids is 1. The van der Waals surface area contributed by atoms with Crippen molar-refractivity contribution in [1.29, 1.82) is 0 Å². The lowest BCUT2D eigenvalue weighted by atomic mass is 10.1. The summed E-state index contributed by atoms with van der Waals surface area (Å²) in [5, 5.41) is 2.83. The average molecular weight is 363 g/mol. The van der Waals surface area contributed by atoms with Gasteiger partial charge in [0.15, 0.2) is 5.78 Å². The highest BCUT2D eigenvalue weighted by Gasteiger charge is 2.14. The lowest BCUT2D eigenvalue weighted by Gasteiger charge is -2.02. The molecule has 2 rings (SSSR count). The number of halogens is 1. The number of sulfonamides is 1. The predicted molar refractivity (Wildman–Crippen MR) is 91.5 cm³/mol.